The summed E-state index contributed by atoms with van der Waals surface area (Å²) < 4.78 is 7.57. The first kappa shape index (κ1) is 22.1. The molecule has 8 heteroatoms. The molecule has 0 saturated carbocycles. The molecule has 8 nitrogen and oxygen atoms in total. The third-order valence-corrected chi connectivity index (χ3v) is 5.77. The zero-order valence-electron chi connectivity index (χ0n) is 19.1. The van der Waals surface area contributed by atoms with Gasteiger partial charge in [-0.25, -0.2) is 4.99 Å². The van der Waals surface area contributed by atoms with Gasteiger partial charge in [0.1, 0.15) is 24.5 Å². The molecule has 1 fully saturated rings. The van der Waals surface area contributed by atoms with Crippen molar-refractivity contribution in [1.82, 2.24) is 29.9 Å². The Morgan fingerprint density at radius 1 is 1.16 bits per heavy atom. The largest absolute Gasteiger partial charge is 0.467 e. The van der Waals surface area contributed by atoms with Crippen LogP contribution in [0, 0.1) is 6.92 Å². The maximum Gasteiger partial charge on any atom is 0.194 e. The van der Waals surface area contributed by atoms with Crippen LogP contribution in [-0.4, -0.2) is 63.2 Å². The number of rotatable bonds is 8. The molecule has 4 rings (SSSR count). The molecule has 1 aromatic carbocycles. The van der Waals surface area contributed by atoms with Gasteiger partial charge in [-0.3, -0.25) is 4.90 Å². The second-order valence-corrected chi connectivity index (χ2v) is 8.19. The molecular formula is C24H33N7O. The van der Waals surface area contributed by atoms with Crippen LogP contribution in [0.4, 0.5) is 0 Å². The van der Waals surface area contributed by atoms with Crippen molar-refractivity contribution < 1.29 is 4.42 Å². The van der Waals surface area contributed by atoms with E-state index in [2.05, 4.69) is 68.0 Å². The van der Waals surface area contributed by atoms with Crippen molar-refractivity contribution in [2.24, 2.45) is 4.99 Å². The van der Waals surface area contributed by atoms with Crippen molar-refractivity contribution in [1.29, 1.82) is 0 Å². The van der Waals surface area contributed by atoms with E-state index in [0.717, 1.165) is 69.8 Å². The first-order valence-electron chi connectivity index (χ1n) is 11.4. The standard InChI is InChI=1S/C24H33N7O/c1-3-23-28-27-19-31(23)10-9-25-24(26-17-22-8-5-15-32-22)30-13-11-29(12-14-30)18-21-7-4-6-20(2)16-21/h4-8,15-16,19H,3,9-14,17-18H2,1-2H3,(H,25,26). The molecule has 0 unspecified atom stereocenters. The van der Waals surface area contributed by atoms with E-state index in [1.54, 1.807) is 12.6 Å². The lowest BCUT2D eigenvalue weighted by atomic mass is 10.1. The summed E-state index contributed by atoms with van der Waals surface area (Å²) in [6.07, 6.45) is 4.37. The number of aromatic nitrogens is 3. The minimum absolute atomic E-state index is 0.533. The van der Waals surface area contributed by atoms with Crippen molar-refractivity contribution in [3.05, 3.63) is 71.7 Å². The Kier molecular flexibility index (Phi) is 7.55. The van der Waals surface area contributed by atoms with Gasteiger partial charge in [-0.15, -0.1) is 10.2 Å². The van der Waals surface area contributed by atoms with Gasteiger partial charge in [-0.05, 0) is 24.6 Å². The number of aliphatic imine (C=N–C) groups is 1. The highest BCUT2D eigenvalue weighted by molar-refractivity contribution is 5.80. The van der Waals surface area contributed by atoms with E-state index >= 15 is 0 Å². The maximum atomic E-state index is 5.48. The summed E-state index contributed by atoms with van der Waals surface area (Å²) in [5.41, 5.74) is 2.70. The molecule has 1 saturated heterocycles. The summed E-state index contributed by atoms with van der Waals surface area (Å²) in [6, 6.07) is 12.7. The number of furan rings is 1. The Balaban J connectivity index is 1.34. The lowest BCUT2D eigenvalue weighted by Crippen LogP contribution is -2.52. The molecule has 1 aliphatic rings. The third-order valence-electron chi connectivity index (χ3n) is 5.77. The predicted molar refractivity (Wildman–Crippen MR) is 125 cm³/mol. The summed E-state index contributed by atoms with van der Waals surface area (Å²) in [5.74, 6) is 2.81. The summed E-state index contributed by atoms with van der Waals surface area (Å²) in [4.78, 5) is 9.71. The summed E-state index contributed by atoms with van der Waals surface area (Å²) >= 11 is 0. The number of hydrogen-bond donors (Lipinski definition) is 1. The Morgan fingerprint density at radius 3 is 2.78 bits per heavy atom. The maximum absolute atomic E-state index is 5.48. The normalized spacial score (nSPS) is 15.3. The first-order chi connectivity index (χ1) is 15.7. The second kappa shape index (κ2) is 10.9. The van der Waals surface area contributed by atoms with Gasteiger partial charge in [0.25, 0.3) is 0 Å². The van der Waals surface area contributed by atoms with Gasteiger partial charge in [0.2, 0.25) is 0 Å². The Morgan fingerprint density at radius 2 is 2.03 bits per heavy atom. The molecule has 1 N–H and O–H groups in total. The molecule has 170 valence electrons. The zero-order valence-corrected chi connectivity index (χ0v) is 19.1. The average molecular weight is 436 g/mol. The number of nitrogens with zero attached hydrogens (tertiary/aromatic N) is 6. The van der Waals surface area contributed by atoms with Gasteiger partial charge in [-0.2, -0.15) is 0 Å². The van der Waals surface area contributed by atoms with Crippen LogP contribution in [-0.2, 0) is 26.1 Å². The molecule has 32 heavy (non-hydrogen) atoms. The van der Waals surface area contributed by atoms with E-state index in [4.69, 9.17) is 9.41 Å². The van der Waals surface area contributed by atoms with Crippen LogP contribution >= 0.6 is 0 Å². The van der Waals surface area contributed by atoms with Gasteiger partial charge in [-0.1, -0.05) is 36.8 Å². The Labute approximate surface area is 190 Å². The van der Waals surface area contributed by atoms with E-state index < -0.39 is 0 Å². The van der Waals surface area contributed by atoms with Crippen molar-refractivity contribution in [3.63, 3.8) is 0 Å². The summed E-state index contributed by atoms with van der Waals surface area (Å²) in [6.45, 7) is 11.3. The van der Waals surface area contributed by atoms with Crippen molar-refractivity contribution in [2.75, 3.05) is 32.7 Å². The lowest BCUT2D eigenvalue weighted by molar-refractivity contribution is 0.172. The molecule has 0 amide bonds. The van der Waals surface area contributed by atoms with E-state index in [1.807, 2.05) is 12.1 Å². The predicted octanol–water partition coefficient (Wildman–Crippen LogP) is 2.71. The van der Waals surface area contributed by atoms with Crippen LogP contribution in [0.15, 0.2) is 58.4 Å². The van der Waals surface area contributed by atoms with Crippen LogP contribution in [0.1, 0.15) is 29.6 Å². The van der Waals surface area contributed by atoms with E-state index in [-0.39, 0.29) is 0 Å². The highest BCUT2D eigenvalue weighted by Crippen LogP contribution is 2.11. The lowest BCUT2D eigenvalue weighted by Gasteiger charge is -2.36. The highest BCUT2D eigenvalue weighted by atomic mass is 16.3. The smallest absolute Gasteiger partial charge is 0.194 e. The van der Waals surface area contributed by atoms with Crippen LogP contribution < -0.4 is 5.32 Å². The SMILES string of the molecule is CCc1nncn1CCNC(=NCc1ccco1)N1CCN(Cc2cccc(C)c2)CC1. The first-order valence-corrected chi connectivity index (χ1v) is 11.4. The molecule has 1 aliphatic heterocycles. The molecule has 0 aliphatic carbocycles. The Bertz CT molecular complexity index is 987. The van der Waals surface area contributed by atoms with Crippen molar-refractivity contribution in [2.45, 2.75) is 39.9 Å². The quantitative estimate of drug-likeness (QED) is 0.433. The minimum atomic E-state index is 0.533. The second-order valence-electron chi connectivity index (χ2n) is 8.19. The Hall–Kier alpha value is -3.13. The highest BCUT2D eigenvalue weighted by Gasteiger charge is 2.20. The molecule has 3 heterocycles. The van der Waals surface area contributed by atoms with Crippen LogP contribution in [0.3, 0.4) is 0 Å². The van der Waals surface area contributed by atoms with Crippen LogP contribution in [0.5, 0.6) is 0 Å². The molecule has 2 aromatic heterocycles. The van der Waals surface area contributed by atoms with Gasteiger partial charge >= 0.3 is 0 Å². The molecule has 0 bridgehead atoms. The number of benzene rings is 1. The topological polar surface area (TPSA) is 74.7 Å². The van der Waals surface area contributed by atoms with Gasteiger partial charge < -0.3 is 19.2 Å². The third kappa shape index (κ3) is 5.97. The molecular weight excluding hydrogens is 402 g/mol. The zero-order chi connectivity index (χ0) is 22.2. The summed E-state index contributed by atoms with van der Waals surface area (Å²) in [5, 5.41) is 11.7. The fourth-order valence-electron chi connectivity index (χ4n) is 4.04. The van der Waals surface area contributed by atoms with Crippen LogP contribution in [0.2, 0.25) is 0 Å². The molecule has 0 atom stereocenters. The number of hydrogen-bond acceptors (Lipinski definition) is 5. The van der Waals surface area contributed by atoms with Gasteiger partial charge in [0.05, 0.1) is 6.26 Å². The molecule has 0 spiro atoms. The summed E-state index contributed by atoms with van der Waals surface area (Å²) in [7, 11) is 0. The van der Waals surface area contributed by atoms with E-state index in [0.29, 0.717) is 6.54 Å². The van der Waals surface area contributed by atoms with Crippen LogP contribution in [0.25, 0.3) is 0 Å². The minimum Gasteiger partial charge on any atom is -0.467 e. The van der Waals surface area contributed by atoms with Gasteiger partial charge in [0, 0.05) is 52.2 Å². The number of aryl methyl sites for hydroxylation is 2. The number of guanidine groups is 1. The van der Waals surface area contributed by atoms with E-state index in [9.17, 15) is 0 Å². The monoisotopic (exact) mass is 435 g/mol. The van der Waals surface area contributed by atoms with Gasteiger partial charge in [0.15, 0.2) is 5.96 Å². The average Bonchev–Trinajstić information content (AvgIpc) is 3.48. The van der Waals surface area contributed by atoms with Crippen molar-refractivity contribution in [3.8, 4) is 0 Å². The van der Waals surface area contributed by atoms with E-state index in [1.165, 1.54) is 11.1 Å². The van der Waals surface area contributed by atoms with Crippen molar-refractivity contribution >= 4 is 5.96 Å². The number of piperazine rings is 1. The fourth-order valence-corrected chi connectivity index (χ4v) is 4.04. The molecule has 3 aromatic rings. The fraction of sp³-hybridized carbons (Fsp3) is 0.458. The molecule has 0 radical (unpaired) electrons. The number of nitrogens with one attached hydrogen (secondary N) is 1.